The lowest BCUT2D eigenvalue weighted by Gasteiger charge is -2.13. The molecule has 0 saturated heterocycles. The van der Waals surface area contributed by atoms with E-state index >= 15 is 0 Å². The van der Waals surface area contributed by atoms with Crippen molar-refractivity contribution in [3.05, 3.63) is 29.3 Å². The number of carbonyl (C=O) groups excluding carboxylic acids is 1. The van der Waals surface area contributed by atoms with Gasteiger partial charge in [0.2, 0.25) is 0 Å². The predicted molar refractivity (Wildman–Crippen MR) is 80.6 cm³/mol. The van der Waals surface area contributed by atoms with Gasteiger partial charge in [-0.3, -0.25) is 9.59 Å². The van der Waals surface area contributed by atoms with Crippen LogP contribution in [0.1, 0.15) is 43.7 Å². The van der Waals surface area contributed by atoms with Gasteiger partial charge in [-0.2, -0.15) is 0 Å². The zero-order valence-electron chi connectivity index (χ0n) is 12.8. The molecule has 0 aliphatic heterocycles. The molecule has 0 aliphatic carbocycles. The number of hydrogen-bond donors (Lipinski definition) is 2. The molecule has 0 heterocycles. The number of carboxylic acids is 1. The molecule has 1 aromatic carbocycles. The molecule has 1 rings (SSSR count). The van der Waals surface area contributed by atoms with Crippen LogP contribution in [0.2, 0.25) is 0 Å². The van der Waals surface area contributed by atoms with Crippen molar-refractivity contribution < 1.29 is 19.4 Å². The van der Waals surface area contributed by atoms with Crippen molar-refractivity contribution in [1.29, 1.82) is 0 Å². The molecule has 2 N–H and O–H groups in total. The Bertz CT molecular complexity index is 497. The molecular formula is C16H23NO4. The summed E-state index contributed by atoms with van der Waals surface area (Å²) < 4.78 is 5.46. The second-order valence-electron chi connectivity index (χ2n) is 5.31. The topological polar surface area (TPSA) is 75.6 Å². The van der Waals surface area contributed by atoms with Gasteiger partial charge in [-0.05, 0) is 42.5 Å². The highest BCUT2D eigenvalue weighted by Gasteiger charge is 2.07. The van der Waals surface area contributed by atoms with E-state index in [-0.39, 0.29) is 18.9 Å². The lowest BCUT2D eigenvalue weighted by atomic mass is 9.98. The maximum atomic E-state index is 11.6. The van der Waals surface area contributed by atoms with Gasteiger partial charge in [0, 0.05) is 13.0 Å². The fourth-order valence-corrected chi connectivity index (χ4v) is 2.00. The van der Waals surface area contributed by atoms with Gasteiger partial charge in [-0.15, -0.1) is 0 Å². The molecule has 1 aromatic rings. The van der Waals surface area contributed by atoms with E-state index in [2.05, 4.69) is 19.2 Å². The first-order chi connectivity index (χ1) is 9.90. The molecule has 0 spiro atoms. The van der Waals surface area contributed by atoms with Gasteiger partial charge in [-0.1, -0.05) is 19.9 Å². The molecule has 0 unspecified atom stereocenters. The smallest absolute Gasteiger partial charge is 0.303 e. The van der Waals surface area contributed by atoms with E-state index in [9.17, 15) is 9.59 Å². The number of carbonyl (C=O) groups is 2. The maximum absolute atomic E-state index is 11.6. The second-order valence-corrected chi connectivity index (χ2v) is 5.31. The molecule has 5 nitrogen and oxygen atoms in total. The molecule has 116 valence electrons. The summed E-state index contributed by atoms with van der Waals surface area (Å²) in [5.74, 6) is -0.0307. The van der Waals surface area contributed by atoms with E-state index in [4.69, 9.17) is 9.84 Å². The summed E-state index contributed by atoms with van der Waals surface area (Å²) in [4.78, 5) is 21.9. The summed E-state index contributed by atoms with van der Waals surface area (Å²) in [7, 11) is 0. The lowest BCUT2D eigenvalue weighted by molar-refractivity contribution is -0.137. The van der Waals surface area contributed by atoms with Crippen molar-refractivity contribution >= 4 is 11.9 Å². The van der Waals surface area contributed by atoms with Gasteiger partial charge in [0.1, 0.15) is 5.75 Å². The highest BCUT2D eigenvalue weighted by atomic mass is 16.5. The minimum atomic E-state index is -0.860. The lowest BCUT2D eigenvalue weighted by Crippen LogP contribution is -2.30. The average molecular weight is 293 g/mol. The van der Waals surface area contributed by atoms with Crippen molar-refractivity contribution in [1.82, 2.24) is 5.32 Å². The Labute approximate surface area is 125 Å². The maximum Gasteiger partial charge on any atom is 0.303 e. The van der Waals surface area contributed by atoms with Crippen molar-refractivity contribution in [3.63, 3.8) is 0 Å². The predicted octanol–water partition coefficient (Wildman–Crippen LogP) is 2.48. The molecule has 21 heavy (non-hydrogen) atoms. The first-order valence-corrected chi connectivity index (χ1v) is 7.12. The number of amides is 1. The van der Waals surface area contributed by atoms with Crippen molar-refractivity contribution in [2.75, 3.05) is 13.2 Å². The molecule has 0 atom stereocenters. The van der Waals surface area contributed by atoms with Gasteiger partial charge in [0.15, 0.2) is 6.61 Å². The van der Waals surface area contributed by atoms with E-state index in [1.807, 2.05) is 25.1 Å². The Balaban J connectivity index is 2.39. The third-order valence-electron chi connectivity index (χ3n) is 3.13. The Hall–Kier alpha value is -2.04. The zero-order valence-corrected chi connectivity index (χ0v) is 12.8. The number of rotatable bonds is 8. The number of benzene rings is 1. The van der Waals surface area contributed by atoms with Crippen LogP contribution >= 0.6 is 0 Å². The van der Waals surface area contributed by atoms with E-state index < -0.39 is 5.97 Å². The Kier molecular flexibility index (Phi) is 6.72. The first kappa shape index (κ1) is 17.0. The molecule has 0 radical (unpaired) electrons. The van der Waals surface area contributed by atoms with Crippen LogP contribution in [0.5, 0.6) is 5.75 Å². The molecular weight excluding hydrogens is 270 g/mol. The van der Waals surface area contributed by atoms with Crippen LogP contribution in [0.15, 0.2) is 18.2 Å². The average Bonchev–Trinajstić information content (AvgIpc) is 2.42. The minimum absolute atomic E-state index is 0.0524. The van der Waals surface area contributed by atoms with Crippen molar-refractivity contribution in [2.45, 2.75) is 39.5 Å². The molecule has 0 aromatic heterocycles. The normalized spacial score (nSPS) is 10.5. The number of hydrogen-bond acceptors (Lipinski definition) is 3. The second kappa shape index (κ2) is 8.29. The molecule has 0 saturated carbocycles. The minimum Gasteiger partial charge on any atom is -0.484 e. The first-order valence-electron chi connectivity index (χ1n) is 7.12. The highest BCUT2D eigenvalue weighted by molar-refractivity contribution is 5.77. The zero-order chi connectivity index (χ0) is 15.8. The molecule has 0 fully saturated rings. The third kappa shape index (κ3) is 6.29. The standard InChI is InChI=1S/C16H23NO4/c1-11(2)14-9-13(7-6-12(14)3)21-10-15(18)17-8-4-5-16(19)20/h6-7,9,11H,4-5,8,10H2,1-3H3,(H,17,18)(H,19,20). The summed E-state index contributed by atoms with van der Waals surface area (Å²) in [6.07, 6.45) is 0.472. The summed E-state index contributed by atoms with van der Waals surface area (Å²) in [6, 6.07) is 5.78. The third-order valence-corrected chi connectivity index (χ3v) is 3.13. The number of aliphatic carboxylic acids is 1. The molecule has 1 amide bonds. The Morgan fingerprint density at radius 2 is 2.05 bits per heavy atom. The van der Waals surface area contributed by atoms with E-state index in [1.165, 1.54) is 11.1 Å². The monoisotopic (exact) mass is 293 g/mol. The van der Waals surface area contributed by atoms with Crippen LogP contribution in [-0.2, 0) is 9.59 Å². The van der Waals surface area contributed by atoms with Crippen molar-refractivity contribution in [3.8, 4) is 5.75 Å². The molecule has 0 bridgehead atoms. The summed E-state index contributed by atoms with van der Waals surface area (Å²) in [5.41, 5.74) is 2.41. The van der Waals surface area contributed by atoms with Gasteiger partial charge in [0.05, 0.1) is 0 Å². The fraction of sp³-hybridized carbons (Fsp3) is 0.500. The van der Waals surface area contributed by atoms with Gasteiger partial charge in [-0.25, -0.2) is 0 Å². The van der Waals surface area contributed by atoms with E-state index in [1.54, 1.807) is 0 Å². The molecule has 5 heteroatoms. The van der Waals surface area contributed by atoms with Crippen LogP contribution in [0.25, 0.3) is 0 Å². The number of ether oxygens (including phenoxy) is 1. The van der Waals surface area contributed by atoms with Crippen LogP contribution in [0, 0.1) is 6.92 Å². The van der Waals surface area contributed by atoms with Crippen LogP contribution in [0.3, 0.4) is 0 Å². The van der Waals surface area contributed by atoms with E-state index in [0.717, 1.165) is 0 Å². The largest absolute Gasteiger partial charge is 0.484 e. The summed E-state index contributed by atoms with van der Waals surface area (Å²) in [5, 5.41) is 11.1. The fourth-order valence-electron chi connectivity index (χ4n) is 2.00. The summed E-state index contributed by atoms with van der Waals surface area (Å²) in [6.45, 7) is 6.56. The number of nitrogens with one attached hydrogen (secondary N) is 1. The summed E-state index contributed by atoms with van der Waals surface area (Å²) >= 11 is 0. The van der Waals surface area contributed by atoms with Crippen molar-refractivity contribution in [2.24, 2.45) is 0 Å². The van der Waals surface area contributed by atoms with E-state index in [0.29, 0.717) is 24.6 Å². The van der Waals surface area contributed by atoms with Crippen LogP contribution in [0.4, 0.5) is 0 Å². The highest BCUT2D eigenvalue weighted by Crippen LogP contribution is 2.24. The number of carboxylic acid groups (broad SMARTS) is 1. The quantitative estimate of drug-likeness (QED) is 0.722. The van der Waals surface area contributed by atoms with Gasteiger partial charge < -0.3 is 15.2 Å². The van der Waals surface area contributed by atoms with Gasteiger partial charge >= 0.3 is 5.97 Å². The van der Waals surface area contributed by atoms with Crippen LogP contribution < -0.4 is 10.1 Å². The Morgan fingerprint density at radius 3 is 2.67 bits per heavy atom. The SMILES string of the molecule is Cc1ccc(OCC(=O)NCCCC(=O)O)cc1C(C)C. The molecule has 0 aliphatic rings. The number of aryl methyl sites for hydroxylation is 1. The Morgan fingerprint density at radius 1 is 1.33 bits per heavy atom. The van der Waals surface area contributed by atoms with Gasteiger partial charge in [0.25, 0.3) is 5.91 Å². The van der Waals surface area contributed by atoms with Crippen LogP contribution in [-0.4, -0.2) is 30.1 Å².